The van der Waals surface area contributed by atoms with Crippen LogP contribution < -0.4 is 0 Å². The Hall–Kier alpha value is -0.770. The average molecular weight is 226 g/mol. The zero-order valence-electron chi connectivity index (χ0n) is 10.1. The molecule has 1 aliphatic carbocycles. The molecule has 1 heterocycles. The Morgan fingerprint density at radius 1 is 1.12 bits per heavy atom. The van der Waals surface area contributed by atoms with Gasteiger partial charge in [0.2, 0.25) is 0 Å². The minimum Gasteiger partial charge on any atom is -0.465 e. The largest absolute Gasteiger partial charge is 0.465 e. The zero-order chi connectivity index (χ0) is 11.5. The molecule has 2 fully saturated rings. The Morgan fingerprint density at radius 3 is 2.12 bits per heavy atom. The van der Waals surface area contributed by atoms with E-state index in [0.717, 1.165) is 18.9 Å². The molecule has 1 saturated carbocycles. The lowest BCUT2D eigenvalue weighted by molar-refractivity contribution is 0.0884. The number of hydrogen-bond acceptors (Lipinski definition) is 2. The summed E-state index contributed by atoms with van der Waals surface area (Å²) < 4.78 is 0. The van der Waals surface area contributed by atoms with Crippen LogP contribution in [-0.2, 0) is 0 Å². The number of rotatable bonds is 2. The topological polar surface area (TPSA) is 43.8 Å². The van der Waals surface area contributed by atoms with E-state index < -0.39 is 6.09 Å². The van der Waals surface area contributed by atoms with Gasteiger partial charge in [0.05, 0.1) is 0 Å². The SMILES string of the molecule is CN(C1CCCC1)C1CCN(C(=O)O)CC1. The molecule has 0 aromatic rings. The molecule has 0 spiro atoms. The van der Waals surface area contributed by atoms with Crippen LogP contribution in [-0.4, -0.2) is 53.2 Å². The molecule has 1 N–H and O–H groups in total. The van der Waals surface area contributed by atoms with Crippen LogP contribution in [0.25, 0.3) is 0 Å². The number of carbonyl (C=O) groups is 1. The number of hydrogen-bond donors (Lipinski definition) is 1. The van der Waals surface area contributed by atoms with Crippen molar-refractivity contribution in [3.8, 4) is 0 Å². The molecule has 4 heteroatoms. The van der Waals surface area contributed by atoms with Gasteiger partial charge in [-0.1, -0.05) is 12.8 Å². The normalized spacial score (nSPS) is 24.2. The van der Waals surface area contributed by atoms with Crippen LogP contribution >= 0.6 is 0 Å². The summed E-state index contributed by atoms with van der Waals surface area (Å²) in [4.78, 5) is 14.8. The number of nitrogens with zero attached hydrogens (tertiary/aromatic N) is 2. The maximum absolute atomic E-state index is 10.8. The molecule has 0 radical (unpaired) electrons. The van der Waals surface area contributed by atoms with Gasteiger partial charge in [-0.3, -0.25) is 0 Å². The third-order valence-electron chi connectivity index (χ3n) is 4.21. The molecule has 1 saturated heterocycles. The van der Waals surface area contributed by atoms with Gasteiger partial charge in [-0.05, 0) is 32.7 Å². The van der Waals surface area contributed by atoms with Crippen molar-refractivity contribution in [2.75, 3.05) is 20.1 Å². The Labute approximate surface area is 97.2 Å². The highest BCUT2D eigenvalue weighted by atomic mass is 16.4. The quantitative estimate of drug-likeness (QED) is 0.783. The Balaban J connectivity index is 1.81. The molecular weight excluding hydrogens is 204 g/mol. The van der Waals surface area contributed by atoms with Crippen molar-refractivity contribution < 1.29 is 9.90 Å². The first-order valence-electron chi connectivity index (χ1n) is 6.38. The molecule has 0 aromatic heterocycles. The lowest BCUT2D eigenvalue weighted by atomic mass is 10.0. The van der Waals surface area contributed by atoms with Gasteiger partial charge in [0, 0.05) is 25.2 Å². The molecule has 16 heavy (non-hydrogen) atoms. The molecular formula is C12H22N2O2. The van der Waals surface area contributed by atoms with E-state index >= 15 is 0 Å². The fourth-order valence-corrected chi connectivity index (χ4v) is 3.07. The highest BCUT2D eigenvalue weighted by Gasteiger charge is 2.29. The number of piperidine rings is 1. The van der Waals surface area contributed by atoms with Gasteiger partial charge in [-0.15, -0.1) is 0 Å². The molecule has 1 amide bonds. The summed E-state index contributed by atoms with van der Waals surface area (Å²) in [5.41, 5.74) is 0. The van der Waals surface area contributed by atoms with Crippen molar-refractivity contribution in [3.63, 3.8) is 0 Å². The Kier molecular flexibility index (Phi) is 3.69. The zero-order valence-corrected chi connectivity index (χ0v) is 10.1. The molecule has 1 aliphatic heterocycles. The van der Waals surface area contributed by atoms with E-state index in [0.29, 0.717) is 19.1 Å². The highest BCUT2D eigenvalue weighted by molar-refractivity contribution is 5.65. The predicted octanol–water partition coefficient (Wildman–Crippen LogP) is 2.00. The molecule has 2 aliphatic rings. The van der Waals surface area contributed by atoms with E-state index in [2.05, 4.69) is 11.9 Å². The van der Waals surface area contributed by atoms with Crippen LogP contribution in [0.2, 0.25) is 0 Å². The number of amides is 1. The minimum absolute atomic E-state index is 0.596. The van der Waals surface area contributed by atoms with Gasteiger partial charge in [0.15, 0.2) is 0 Å². The number of likely N-dealkylation sites (tertiary alicyclic amines) is 1. The van der Waals surface area contributed by atoms with Crippen molar-refractivity contribution in [2.45, 2.75) is 50.6 Å². The van der Waals surface area contributed by atoms with Crippen molar-refractivity contribution in [2.24, 2.45) is 0 Å². The first kappa shape index (κ1) is 11.7. The van der Waals surface area contributed by atoms with Crippen LogP contribution in [0, 0.1) is 0 Å². The van der Waals surface area contributed by atoms with Crippen LogP contribution in [0.5, 0.6) is 0 Å². The van der Waals surface area contributed by atoms with Crippen molar-refractivity contribution >= 4 is 6.09 Å². The van der Waals surface area contributed by atoms with Gasteiger partial charge in [0.25, 0.3) is 0 Å². The standard InChI is InChI=1S/C12H22N2O2/c1-13(10-4-2-3-5-10)11-6-8-14(9-7-11)12(15)16/h10-11H,2-9H2,1H3,(H,15,16). The summed E-state index contributed by atoms with van der Waals surface area (Å²) in [7, 11) is 2.22. The smallest absolute Gasteiger partial charge is 0.407 e. The Bertz CT molecular complexity index is 243. The monoisotopic (exact) mass is 226 g/mol. The van der Waals surface area contributed by atoms with E-state index in [1.54, 1.807) is 4.90 Å². The minimum atomic E-state index is -0.762. The van der Waals surface area contributed by atoms with Crippen molar-refractivity contribution in [3.05, 3.63) is 0 Å². The number of carboxylic acid groups (broad SMARTS) is 1. The summed E-state index contributed by atoms with van der Waals surface area (Å²) in [6.07, 6.45) is 6.62. The van der Waals surface area contributed by atoms with Gasteiger partial charge >= 0.3 is 6.09 Å². The van der Waals surface area contributed by atoms with Gasteiger partial charge in [-0.25, -0.2) is 4.79 Å². The summed E-state index contributed by atoms with van der Waals surface area (Å²) >= 11 is 0. The van der Waals surface area contributed by atoms with E-state index in [9.17, 15) is 4.79 Å². The summed E-state index contributed by atoms with van der Waals surface area (Å²) in [5.74, 6) is 0. The molecule has 0 unspecified atom stereocenters. The van der Waals surface area contributed by atoms with Gasteiger partial charge in [-0.2, -0.15) is 0 Å². The molecule has 92 valence electrons. The lowest BCUT2D eigenvalue weighted by Gasteiger charge is -2.38. The van der Waals surface area contributed by atoms with E-state index in [-0.39, 0.29) is 0 Å². The van der Waals surface area contributed by atoms with Crippen LogP contribution in [0.3, 0.4) is 0 Å². The molecule has 0 bridgehead atoms. The third kappa shape index (κ3) is 2.48. The lowest BCUT2D eigenvalue weighted by Crippen LogP contribution is -2.47. The highest BCUT2D eigenvalue weighted by Crippen LogP contribution is 2.27. The van der Waals surface area contributed by atoms with Gasteiger partial charge < -0.3 is 14.9 Å². The molecule has 2 rings (SSSR count). The van der Waals surface area contributed by atoms with Gasteiger partial charge in [0.1, 0.15) is 0 Å². The second-order valence-corrected chi connectivity index (χ2v) is 5.10. The van der Waals surface area contributed by atoms with Crippen LogP contribution in [0.15, 0.2) is 0 Å². The molecule has 0 atom stereocenters. The van der Waals surface area contributed by atoms with E-state index in [1.807, 2.05) is 0 Å². The van der Waals surface area contributed by atoms with Crippen molar-refractivity contribution in [1.29, 1.82) is 0 Å². The van der Waals surface area contributed by atoms with Crippen LogP contribution in [0.1, 0.15) is 38.5 Å². The first-order chi connectivity index (χ1) is 7.68. The Morgan fingerprint density at radius 2 is 1.62 bits per heavy atom. The van der Waals surface area contributed by atoms with Crippen LogP contribution in [0.4, 0.5) is 4.79 Å². The average Bonchev–Trinajstić information content (AvgIpc) is 2.81. The van der Waals surface area contributed by atoms with Crippen molar-refractivity contribution in [1.82, 2.24) is 9.80 Å². The fraction of sp³-hybridized carbons (Fsp3) is 0.917. The third-order valence-corrected chi connectivity index (χ3v) is 4.21. The second kappa shape index (κ2) is 5.04. The van der Waals surface area contributed by atoms with E-state index in [4.69, 9.17) is 5.11 Å². The molecule has 0 aromatic carbocycles. The summed E-state index contributed by atoms with van der Waals surface area (Å²) in [6.45, 7) is 1.41. The summed E-state index contributed by atoms with van der Waals surface area (Å²) in [5, 5.41) is 8.89. The fourth-order valence-electron chi connectivity index (χ4n) is 3.07. The molecule has 4 nitrogen and oxygen atoms in total. The first-order valence-corrected chi connectivity index (χ1v) is 6.38. The maximum atomic E-state index is 10.8. The summed E-state index contributed by atoms with van der Waals surface area (Å²) in [6, 6.07) is 1.35. The maximum Gasteiger partial charge on any atom is 0.407 e. The van der Waals surface area contributed by atoms with E-state index in [1.165, 1.54) is 25.7 Å². The predicted molar refractivity (Wildman–Crippen MR) is 62.6 cm³/mol. The second-order valence-electron chi connectivity index (χ2n) is 5.10.